The Bertz CT molecular complexity index is 599. The highest BCUT2D eigenvalue weighted by molar-refractivity contribution is 5.77. The molecule has 0 bridgehead atoms. The first-order valence-corrected chi connectivity index (χ1v) is 5.84. The van der Waals surface area contributed by atoms with Crippen molar-refractivity contribution in [1.82, 2.24) is 9.55 Å². The van der Waals surface area contributed by atoms with Gasteiger partial charge in [0.15, 0.2) is 0 Å². The quantitative estimate of drug-likeness (QED) is 0.867. The third-order valence-corrected chi connectivity index (χ3v) is 2.83. The lowest BCUT2D eigenvalue weighted by Crippen LogP contribution is -2.09. The number of aromatic nitrogens is 2. The van der Waals surface area contributed by atoms with Crippen molar-refractivity contribution < 1.29 is 13.2 Å². The Labute approximate surface area is 108 Å². The summed E-state index contributed by atoms with van der Waals surface area (Å²) in [5, 5.41) is 0. The van der Waals surface area contributed by atoms with Crippen molar-refractivity contribution in [2.45, 2.75) is 19.1 Å². The first kappa shape index (κ1) is 13.6. The number of hydrogen-bond donors (Lipinski definition) is 1. The summed E-state index contributed by atoms with van der Waals surface area (Å²) in [4.78, 5) is 4.23. The molecule has 2 rings (SSSR count). The smallest absolute Gasteiger partial charge is 0.330 e. The van der Waals surface area contributed by atoms with Gasteiger partial charge in [0.2, 0.25) is 0 Å². The molecule has 19 heavy (non-hydrogen) atoms. The maximum Gasteiger partial charge on any atom is 0.416 e. The van der Waals surface area contributed by atoms with E-state index in [9.17, 15) is 13.2 Å². The van der Waals surface area contributed by atoms with Gasteiger partial charge in [0.05, 0.1) is 16.6 Å². The van der Waals surface area contributed by atoms with Gasteiger partial charge in [-0.15, -0.1) is 6.58 Å². The zero-order valence-corrected chi connectivity index (χ0v) is 10.2. The molecule has 0 spiro atoms. The van der Waals surface area contributed by atoms with Crippen LogP contribution in [-0.2, 0) is 19.1 Å². The maximum absolute atomic E-state index is 12.6. The summed E-state index contributed by atoms with van der Waals surface area (Å²) in [6, 6.07) is 3.57. The number of halogens is 3. The standard InChI is InChI=1S/C13H14F3N3/c1-2-7-19-11-4-3-9(13(14,15)16)8-10(11)18-12(19)5-6-17/h2-4,8H,1,5-7,17H2. The Kier molecular flexibility index (Phi) is 3.61. The zero-order valence-electron chi connectivity index (χ0n) is 10.2. The van der Waals surface area contributed by atoms with E-state index in [-0.39, 0.29) is 0 Å². The van der Waals surface area contributed by atoms with Gasteiger partial charge in [0.25, 0.3) is 0 Å². The fourth-order valence-electron chi connectivity index (χ4n) is 2.01. The van der Waals surface area contributed by atoms with E-state index in [0.29, 0.717) is 36.4 Å². The summed E-state index contributed by atoms with van der Waals surface area (Å²) >= 11 is 0. The van der Waals surface area contributed by atoms with Crippen LogP contribution in [0, 0.1) is 0 Å². The van der Waals surface area contributed by atoms with E-state index in [1.807, 2.05) is 4.57 Å². The number of fused-ring (bicyclic) bond motifs is 1. The van der Waals surface area contributed by atoms with Crippen LogP contribution in [0.15, 0.2) is 30.9 Å². The largest absolute Gasteiger partial charge is 0.416 e. The summed E-state index contributed by atoms with van der Waals surface area (Å²) in [5.41, 5.74) is 5.79. The highest BCUT2D eigenvalue weighted by Crippen LogP contribution is 2.31. The minimum absolute atomic E-state index is 0.333. The van der Waals surface area contributed by atoms with Crippen LogP contribution in [0.4, 0.5) is 13.2 Å². The molecule has 0 aliphatic heterocycles. The predicted molar refractivity (Wildman–Crippen MR) is 67.7 cm³/mol. The summed E-state index contributed by atoms with van der Waals surface area (Å²) < 4.78 is 39.8. The molecule has 102 valence electrons. The van der Waals surface area contributed by atoms with E-state index in [4.69, 9.17) is 5.73 Å². The number of imidazole rings is 1. The van der Waals surface area contributed by atoms with Crippen molar-refractivity contribution in [3.05, 3.63) is 42.2 Å². The minimum atomic E-state index is -4.36. The van der Waals surface area contributed by atoms with Gasteiger partial charge in [0, 0.05) is 13.0 Å². The molecule has 3 nitrogen and oxygen atoms in total. The zero-order chi connectivity index (χ0) is 14.0. The molecule has 0 saturated heterocycles. The van der Waals surface area contributed by atoms with Crippen molar-refractivity contribution in [3.8, 4) is 0 Å². The van der Waals surface area contributed by atoms with Crippen LogP contribution in [0.1, 0.15) is 11.4 Å². The minimum Gasteiger partial charge on any atom is -0.330 e. The van der Waals surface area contributed by atoms with E-state index in [0.717, 1.165) is 12.1 Å². The SMILES string of the molecule is C=CCn1c(CCN)nc2cc(C(F)(F)F)ccc21. The molecule has 0 saturated carbocycles. The molecule has 1 aromatic carbocycles. The van der Waals surface area contributed by atoms with Crippen LogP contribution >= 0.6 is 0 Å². The number of hydrogen-bond acceptors (Lipinski definition) is 2. The number of alkyl halides is 3. The molecule has 0 fully saturated rings. The molecule has 2 N–H and O–H groups in total. The Morgan fingerprint density at radius 3 is 2.68 bits per heavy atom. The van der Waals surface area contributed by atoms with Crippen LogP contribution in [-0.4, -0.2) is 16.1 Å². The summed E-state index contributed by atoms with van der Waals surface area (Å²) in [7, 11) is 0. The Hall–Kier alpha value is -1.82. The lowest BCUT2D eigenvalue weighted by Gasteiger charge is -2.07. The van der Waals surface area contributed by atoms with Crippen molar-refractivity contribution >= 4 is 11.0 Å². The molecule has 0 atom stereocenters. The van der Waals surface area contributed by atoms with Gasteiger partial charge >= 0.3 is 6.18 Å². The normalized spacial score (nSPS) is 12.0. The van der Waals surface area contributed by atoms with Gasteiger partial charge in [-0.2, -0.15) is 13.2 Å². The van der Waals surface area contributed by atoms with Gasteiger partial charge in [0.1, 0.15) is 5.82 Å². The van der Waals surface area contributed by atoms with Crippen LogP contribution < -0.4 is 5.73 Å². The second-order valence-electron chi connectivity index (χ2n) is 4.17. The first-order chi connectivity index (χ1) is 8.97. The Balaban J connectivity index is 2.58. The second kappa shape index (κ2) is 5.05. The summed E-state index contributed by atoms with van der Waals surface area (Å²) in [6.45, 7) is 4.53. The van der Waals surface area contributed by atoms with E-state index in [2.05, 4.69) is 11.6 Å². The molecule has 0 amide bonds. The highest BCUT2D eigenvalue weighted by atomic mass is 19.4. The molecule has 0 aliphatic rings. The number of nitrogens with two attached hydrogens (primary N) is 1. The van der Waals surface area contributed by atoms with Gasteiger partial charge < -0.3 is 10.3 Å². The molecular formula is C13H14F3N3. The summed E-state index contributed by atoms with van der Waals surface area (Å²) in [6.07, 6.45) is -2.16. The first-order valence-electron chi connectivity index (χ1n) is 5.84. The third-order valence-electron chi connectivity index (χ3n) is 2.83. The van der Waals surface area contributed by atoms with E-state index < -0.39 is 11.7 Å². The van der Waals surface area contributed by atoms with Gasteiger partial charge in [-0.1, -0.05) is 6.08 Å². The predicted octanol–water partition coefficient (Wildman–Crippen LogP) is 2.74. The molecule has 6 heteroatoms. The van der Waals surface area contributed by atoms with Crippen LogP contribution in [0.5, 0.6) is 0 Å². The van der Waals surface area contributed by atoms with Gasteiger partial charge in [-0.25, -0.2) is 4.98 Å². The molecule has 0 aliphatic carbocycles. The van der Waals surface area contributed by atoms with E-state index >= 15 is 0 Å². The van der Waals surface area contributed by atoms with Crippen molar-refractivity contribution in [3.63, 3.8) is 0 Å². The molecule has 2 aromatic rings. The average molecular weight is 269 g/mol. The number of nitrogens with zero attached hydrogens (tertiary/aromatic N) is 2. The number of allylic oxidation sites excluding steroid dienone is 1. The fourth-order valence-corrected chi connectivity index (χ4v) is 2.01. The van der Waals surface area contributed by atoms with Crippen LogP contribution in [0.2, 0.25) is 0 Å². The van der Waals surface area contributed by atoms with Crippen LogP contribution in [0.3, 0.4) is 0 Å². The summed E-state index contributed by atoms with van der Waals surface area (Å²) in [5.74, 6) is 0.678. The van der Waals surface area contributed by atoms with Gasteiger partial charge in [-0.05, 0) is 24.7 Å². The average Bonchev–Trinajstić information content (AvgIpc) is 2.67. The fraction of sp³-hybridized carbons (Fsp3) is 0.308. The molecule has 1 aromatic heterocycles. The molecular weight excluding hydrogens is 255 g/mol. The van der Waals surface area contributed by atoms with Gasteiger partial charge in [-0.3, -0.25) is 0 Å². The highest BCUT2D eigenvalue weighted by Gasteiger charge is 2.31. The number of benzene rings is 1. The second-order valence-corrected chi connectivity index (χ2v) is 4.17. The number of rotatable bonds is 4. The lowest BCUT2D eigenvalue weighted by atomic mass is 10.2. The topological polar surface area (TPSA) is 43.8 Å². The van der Waals surface area contributed by atoms with Crippen molar-refractivity contribution in [2.24, 2.45) is 5.73 Å². The lowest BCUT2D eigenvalue weighted by molar-refractivity contribution is -0.137. The maximum atomic E-state index is 12.6. The van der Waals surface area contributed by atoms with Crippen LogP contribution in [0.25, 0.3) is 11.0 Å². The molecule has 0 unspecified atom stereocenters. The van der Waals surface area contributed by atoms with Crippen molar-refractivity contribution in [2.75, 3.05) is 6.54 Å². The Morgan fingerprint density at radius 2 is 2.11 bits per heavy atom. The van der Waals surface area contributed by atoms with Crippen molar-refractivity contribution in [1.29, 1.82) is 0 Å². The molecule has 0 radical (unpaired) electrons. The monoisotopic (exact) mass is 269 g/mol. The van der Waals surface area contributed by atoms with E-state index in [1.165, 1.54) is 6.07 Å². The third kappa shape index (κ3) is 2.63. The Morgan fingerprint density at radius 1 is 1.37 bits per heavy atom. The van der Waals surface area contributed by atoms with E-state index in [1.54, 1.807) is 6.08 Å². The molecule has 1 heterocycles.